The number of nitrogens with one attached hydrogen (secondary N) is 1. The number of halogens is 1. The van der Waals surface area contributed by atoms with Crippen LogP contribution in [0.5, 0.6) is 0 Å². The Morgan fingerprint density at radius 3 is 2.62 bits per heavy atom. The number of hydrogen-bond acceptors (Lipinski definition) is 8. The molecule has 0 saturated carbocycles. The maximum Gasteiger partial charge on any atom is 0.265 e. The largest absolute Gasteiger partial charge is 0.325 e. The number of benzene rings is 3. The fourth-order valence-electron chi connectivity index (χ4n) is 4.77. The summed E-state index contributed by atoms with van der Waals surface area (Å²) < 4.78 is 60.6. The topological polar surface area (TPSA) is 125 Å². The number of anilines is 1. The van der Waals surface area contributed by atoms with Crippen LogP contribution in [0.15, 0.2) is 76.2 Å². The van der Waals surface area contributed by atoms with E-state index in [0.29, 0.717) is 22.3 Å². The van der Waals surface area contributed by atoms with Crippen LogP contribution in [0.1, 0.15) is 18.4 Å². The molecule has 9 nitrogen and oxygen atoms in total. The second kappa shape index (κ2) is 12.0. The fourth-order valence-corrected chi connectivity index (χ4v) is 8.27. The Morgan fingerprint density at radius 2 is 1.88 bits per heavy atom. The summed E-state index contributed by atoms with van der Waals surface area (Å²) in [5.41, 5.74) is 2.53. The van der Waals surface area contributed by atoms with Gasteiger partial charge in [-0.25, -0.2) is 8.42 Å². The number of fused-ring (bicyclic) bond motifs is 4. The van der Waals surface area contributed by atoms with Gasteiger partial charge in [0.05, 0.1) is 28.1 Å². The van der Waals surface area contributed by atoms with Crippen molar-refractivity contribution in [2.45, 2.75) is 24.8 Å². The molecular weight excluding hydrogens is 638 g/mol. The molecule has 220 valence electrons. The smallest absolute Gasteiger partial charge is 0.265 e. The maximum absolute atomic E-state index is 12.6. The minimum absolute atomic E-state index is 0.225. The van der Waals surface area contributed by atoms with Crippen molar-refractivity contribution in [2.24, 2.45) is 0 Å². The van der Waals surface area contributed by atoms with Gasteiger partial charge in [-0.05, 0) is 54.3 Å². The highest BCUT2D eigenvalue weighted by Crippen LogP contribution is 2.47. The summed E-state index contributed by atoms with van der Waals surface area (Å²) >= 11 is 9.25. The van der Waals surface area contributed by atoms with Crippen LogP contribution in [0.2, 0.25) is 5.02 Å². The van der Waals surface area contributed by atoms with Crippen molar-refractivity contribution in [3.05, 3.63) is 81.3 Å². The average Bonchev–Trinajstić information content (AvgIpc) is 3.39. The number of rotatable bonds is 9. The van der Waals surface area contributed by atoms with Crippen molar-refractivity contribution in [3.63, 3.8) is 0 Å². The molecule has 0 bridgehead atoms. The number of allylic oxidation sites excluding steroid dienone is 2. The maximum atomic E-state index is 12.6. The van der Waals surface area contributed by atoms with E-state index in [1.807, 2.05) is 60.2 Å². The fraction of sp³-hybridized carbons (Fsp3) is 0.214. The highest BCUT2D eigenvalue weighted by molar-refractivity contribution is 8.03. The van der Waals surface area contributed by atoms with E-state index in [2.05, 4.69) is 10.6 Å². The molecule has 4 aromatic rings. The molecule has 0 radical (unpaired) electrons. The number of hydrogen-bond donors (Lipinski definition) is 2. The first-order chi connectivity index (χ1) is 19.8. The van der Waals surface area contributed by atoms with Crippen LogP contribution in [0.25, 0.3) is 27.1 Å². The second-order valence-electron chi connectivity index (χ2n) is 9.83. The summed E-state index contributed by atoms with van der Waals surface area (Å²) in [6, 6.07) is 17.4. The van der Waals surface area contributed by atoms with Gasteiger partial charge in [0.15, 0.2) is 6.54 Å². The normalized spacial score (nSPS) is 15.1. The quantitative estimate of drug-likeness (QED) is 0.185. The number of aromatic nitrogens is 1. The molecule has 14 heteroatoms. The van der Waals surface area contributed by atoms with Crippen molar-refractivity contribution in [1.29, 1.82) is 0 Å². The number of thioether (sulfide) groups is 1. The number of thiazole rings is 1. The van der Waals surface area contributed by atoms with E-state index in [1.165, 1.54) is 11.8 Å². The molecule has 2 N–H and O–H groups in total. The first-order valence-electron chi connectivity index (χ1n) is 12.7. The molecule has 1 aliphatic rings. The minimum Gasteiger partial charge on any atom is -0.325 e. The number of nitrogens with zero attached hydrogens (tertiary/aromatic N) is 2. The van der Waals surface area contributed by atoms with Gasteiger partial charge in [-0.1, -0.05) is 59.0 Å². The van der Waals surface area contributed by atoms with E-state index in [-0.39, 0.29) is 18.7 Å². The molecule has 0 unspecified atom stereocenters. The molecule has 0 fully saturated rings. The summed E-state index contributed by atoms with van der Waals surface area (Å²) in [4.78, 5) is 15.2. The zero-order chi connectivity index (χ0) is 30.2. The Morgan fingerprint density at radius 1 is 1.12 bits per heavy atom. The van der Waals surface area contributed by atoms with Crippen LogP contribution in [-0.4, -0.2) is 45.8 Å². The van der Waals surface area contributed by atoms with Crippen LogP contribution in [-0.2, 0) is 31.5 Å². The molecule has 42 heavy (non-hydrogen) atoms. The first-order valence-corrected chi connectivity index (χ1v) is 18.2. The standard InChI is InChI=1S/C28H26ClN3O6S4/c1-18(15-27-32(17-25(33)30-41(2,34)35)22-16-20(29)9-11-23(22)39-27)14-26-31(12-5-13-42(36,37)38)28-21-7-4-3-6-19(21)8-10-24(28)40-26/h3-4,6-11,14-16H,5,12-13,17H2,1-2H3,(H-,30,33,36,37,38)/p+1. The molecule has 0 saturated heterocycles. The van der Waals surface area contributed by atoms with Crippen LogP contribution in [0.3, 0.4) is 0 Å². The third-order valence-electron chi connectivity index (χ3n) is 6.39. The summed E-state index contributed by atoms with van der Waals surface area (Å²) in [6.07, 6.45) is 5.06. The van der Waals surface area contributed by atoms with Crippen molar-refractivity contribution in [3.8, 4) is 0 Å². The predicted molar refractivity (Wildman–Crippen MR) is 170 cm³/mol. The molecule has 0 atom stereocenters. The first kappa shape index (κ1) is 30.5. The lowest BCUT2D eigenvalue weighted by Crippen LogP contribution is -2.38. The van der Waals surface area contributed by atoms with Crippen molar-refractivity contribution in [2.75, 3.05) is 23.5 Å². The van der Waals surface area contributed by atoms with Gasteiger partial charge in [0.2, 0.25) is 15.5 Å². The summed E-state index contributed by atoms with van der Waals surface area (Å²) in [7, 11) is -7.83. The van der Waals surface area contributed by atoms with Crippen LogP contribution in [0.4, 0.5) is 5.69 Å². The van der Waals surface area contributed by atoms with Crippen molar-refractivity contribution in [1.82, 2.24) is 4.72 Å². The zero-order valence-corrected chi connectivity index (χ0v) is 26.6. The van der Waals surface area contributed by atoms with E-state index in [9.17, 15) is 26.2 Å². The number of amides is 1. The van der Waals surface area contributed by atoms with Gasteiger partial charge in [0.25, 0.3) is 21.0 Å². The van der Waals surface area contributed by atoms with Gasteiger partial charge in [-0.3, -0.25) is 14.1 Å². The molecule has 2 heterocycles. The van der Waals surface area contributed by atoms with Gasteiger partial charge in [0, 0.05) is 22.4 Å². The Bertz CT molecular complexity index is 2000. The van der Waals surface area contributed by atoms with E-state index in [4.69, 9.17) is 11.6 Å². The lowest BCUT2D eigenvalue weighted by molar-refractivity contribution is -0.667. The van der Waals surface area contributed by atoms with E-state index in [0.717, 1.165) is 42.7 Å². The van der Waals surface area contributed by atoms with E-state index < -0.39 is 26.0 Å². The SMILES string of the molecule is CC(/C=C1\Sc2ccc(Cl)cc2N1CC(=O)NS(C)(=O)=O)=C\c1sc2ccc3ccccc3c2[n+]1CCCS(=O)(=O)O. The lowest BCUT2D eigenvalue weighted by atomic mass is 10.1. The Hall–Kier alpha value is -2.94. The third kappa shape index (κ3) is 7.16. The molecule has 1 aliphatic heterocycles. The lowest BCUT2D eigenvalue weighted by Gasteiger charge is -2.20. The van der Waals surface area contributed by atoms with Gasteiger partial charge in [-0.15, -0.1) is 0 Å². The molecule has 5 rings (SSSR count). The van der Waals surface area contributed by atoms with Crippen LogP contribution in [0, 0.1) is 0 Å². The molecule has 0 spiro atoms. The number of carbonyl (C=O) groups is 1. The number of sulfonamides is 1. The summed E-state index contributed by atoms with van der Waals surface area (Å²) in [6.45, 7) is 2.07. The van der Waals surface area contributed by atoms with Gasteiger partial charge in [-0.2, -0.15) is 13.0 Å². The monoisotopic (exact) mass is 664 g/mol. The molecular formula is C28H27ClN3O6S4+. The number of carbonyl (C=O) groups excluding carboxylic acids is 1. The zero-order valence-electron chi connectivity index (χ0n) is 22.6. The highest BCUT2D eigenvalue weighted by Gasteiger charge is 2.28. The average molecular weight is 665 g/mol. The minimum atomic E-state index is -4.10. The predicted octanol–water partition coefficient (Wildman–Crippen LogP) is 5.21. The Labute approximate surface area is 257 Å². The summed E-state index contributed by atoms with van der Waals surface area (Å²) in [5, 5.41) is 4.18. The van der Waals surface area contributed by atoms with Crippen molar-refractivity contribution < 1.29 is 30.7 Å². The Kier molecular flexibility index (Phi) is 8.70. The van der Waals surface area contributed by atoms with Crippen LogP contribution < -0.4 is 14.2 Å². The highest BCUT2D eigenvalue weighted by atomic mass is 35.5. The van der Waals surface area contributed by atoms with Gasteiger partial charge < -0.3 is 4.90 Å². The van der Waals surface area contributed by atoms with E-state index in [1.54, 1.807) is 28.4 Å². The third-order valence-corrected chi connectivity index (χ3v) is 10.2. The molecule has 1 aromatic heterocycles. The van der Waals surface area contributed by atoms with Gasteiger partial charge in [0.1, 0.15) is 11.2 Å². The van der Waals surface area contributed by atoms with E-state index >= 15 is 0 Å². The van der Waals surface area contributed by atoms with Crippen LogP contribution >= 0.6 is 34.7 Å². The van der Waals surface area contributed by atoms with Crippen molar-refractivity contribution >= 4 is 93.5 Å². The second-order valence-corrected chi connectivity index (χ2v) is 15.7. The number of aryl methyl sites for hydroxylation is 1. The Balaban J connectivity index is 1.55. The molecule has 1 amide bonds. The van der Waals surface area contributed by atoms with Gasteiger partial charge >= 0.3 is 0 Å². The molecule has 0 aliphatic carbocycles. The summed E-state index contributed by atoms with van der Waals surface area (Å²) in [5.74, 6) is -1.03. The molecule has 3 aromatic carbocycles.